The zero-order chi connectivity index (χ0) is 19.7. The lowest BCUT2D eigenvalue weighted by Crippen LogP contribution is -2.16. The van der Waals surface area contributed by atoms with Gasteiger partial charge in [-0.3, -0.25) is 14.9 Å². The van der Waals surface area contributed by atoms with Crippen LogP contribution in [0.3, 0.4) is 0 Å². The lowest BCUT2D eigenvalue weighted by Gasteiger charge is -2.06. The maximum absolute atomic E-state index is 12.9. The lowest BCUT2D eigenvalue weighted by atomic mass is 10.1. The van der Waals surface area contributed by atoms with E-state index in [1.54, 1.807) is 0 Å². The molecule has 0 spiro atoms. The molecule has 2 aromatic heterocycles. The molecule has 4 rings (SSSR count). The number of rotatable bonds is 4. The number of benzene rings is 2. The van der Waals surface area contributed by atoms with Gasteiger partial charge in [-0.2, -0.15) is 9.78 Å². The number of nitro groups is 1. The molecule has 0 bridgehead atoms. The summed E-state index contributed by atoms with van der Waals surface area (Å²) in [5.74, 6) is -0.687. The molecular formula is C19H11N4O4S-. The molecule has 0 unspecified atom stereocenters. The number of fused-ring (bicyclic) bond motifs is 1. The Morgan fingerprint density at radius 3 is 2.71 bits per heavy atom. The maximum atomic E-state index is 12.9. The number of hydrogen-bond acceptors (Lipinski definition) is 7. The van der Waals surface area contributed by atoms with Gasteiger partial charge in [0.05, 0.1) is 16.5 Å². The molecule has 0 radical (unpaired) electrons. The van der Waals surface area contributed by atoms with Crippen LogP contribution in [0.5, 0.6) is 5.75 Å². The first kappa shape index (κ1) is 17.6. The Kier molecular flexibility index (Phi) is 4.42. The summed E-state index contributed by atoms with van der Waals surface area (Å²) in [4.78, 5) is 27.9. The van der Waals surface area contributed by atoms with Crippen LogP contribution in [0.25, 0.3) is 21.3 Å². The number of aromatic nitrogens is 2. The molecule has 0 aliphatic carbocycles. The van der Waals surface area contributed by atoms with Crippen molar-refractivity contribution in [2.45, 2.75) is 0 Å². The summed E-state index contributed by atoms with van der Waals surface area (Å²) in [7, 11) is 0. The molecule has 0 aliphatic rings. The van der Waals surface area contributed by atoms with E-state index < -0.39 is 16.4 Å². The Labute approximate surface area is 161 Å². The van der Waals surface area contributed by atoms with Crippen molar-refractivity contribution in [3.63, 3.8) is 0 Å². The summed E-state index contributed by atoms with van der Waals surface area (Å²) >= 11 is 1.37. The first-order valence-electron chi connectivity index (χ1n) is 8.08. The van der Waals surface area contributed by atoms with Crippen LogP contribution in [0.1, 0.15) is 5.56 Å². The Hall–Kier alpha value is -3.85. The van der Waals surface area contributed by atoms with Crippen LogP contribution in [0.2, 0.25) is 0 Å². The number of nitro benzene ring substituents is 1. The van der Waals surface area contributed by atoms with Gasteiger partial charge in [0.15, 0.2) is 0 Å². The van der Waals surface area contributed by atoms with Gasteiger partial charge in [0.25, 0.3) is 11.2 Å². The maximum Gasteiger partial charge on any atom is 0.283 e. The fourth-order valence-electron chi connectivity index (χ4n) is 2.72. The quantitative estimate of drug-likeness (QED) is 0.301. The number of nitrogens with zero attached hydrogens (tertiary/aromatic N) is 4. The van der Waals surface area contributed by atoms with Crippen molar-refractivity contribution in [3.05, 3.63) is 86.3 Å². The zero-order valence-electron chi connectivity index (χ0n) is 14.2. The lowest BCUT2D eigenvalue weighted by molar-refractivity contribution is -0.398. The van der Waals surface area contributed by atoms with E-state index in [-0.39, 0.29) is 5.56 Å². The summed E-state index contributed by atoms with van der Waals surface area (Å²) in [6.45, 7) is 0. The van der Waals surface area contributed by atoms with Gasteiger partial charge in [-0.25, -0.2) is 4.98 Å². The molecule has 0 fully saturated rings. The van der Waals surface area contributed by atoms with Crippen LogP contribution in [-0.4, -0.2) is 20.8 Å². The van der Waals surface area contributed by atoms with Crippen LogP contribution in [0.4, 0.5) is 5.69 Å². The number of hydrogen-bond donors (Lipinski definition) is 0. The smallest absolute Gasteiger partial charge is 0.283 e. The Balaban J connectivity index is 1.77. The molecular weight excluding hydrogens is 380 g/mol. The third kappa shape index (κ3) is 3.14. The summed E-state index contributed by atoms with van der Waals surface area (Å²) < 4.78 is 1.07. The van der Waals surface area contributed by atoms with Gasteiger partial charge in [-0.1, -0.05) is 42.5 Å². The predicted octanol–water partition coefficient (Wildman–Crippen LogP) is 2.99. The van der Waals surface area contributed by atoms with Crippen LogP contribution < -0.4 is 10.7 Å². The van der Waals surface area contributed by atoms with Gasteiger partial charge in [0, 0.05) is 22.6 Å². The van der Waals surface area contributed by atoms with Gasteiger partial charge in [0.2, 0.25) is 0 Å². The van der Waals surface area contributed by atoms with E-state index in [1.165, 1.54) is 29.9 Å². The molecule has 9 heteroatoms. The van der Waals surface area contributed by atoms with Crippen molar-refractivity contribution in [1.82, 2.24) is 9.66 Å². The minimum Gasteiger partial charge on any atom is -0.868 e. The Morgan fingerprint density at radius 2 is 1.96 bits per heavy atom. The topological polar surface area (TPSA) is 113 Å². The summed E-state index contributed by atoms with van der Waals surface area (Å²) in [6, 6.07) is 13.1. The van der Waals surface area contributed by atoms with Gasteiger partial charge < -0.3 is 5.11 Å². The third-order valence-electron chi connectivity index (χ3n) is 4.07. The molecule has 0 aliphatic heterocycles. The third-order valence-corrected chi connectivity index (χ3v) is 4.96. The second-order valence-corrected chi connectivity index (χ2v) is 6.68. The minimum absolute atomic E-state index is 0.326. The minimum atomic E-state index is -0.753. The van der Waals surface area contributed by atoms with Crippen LogP contribution in [0, 0.1) is 10.1 Å². The van der Waals surface area contributed by atoms with Crippen molar-refractivity contribution in [2.75, 3.05) is 0 Å². The summed E-state index contributed by atoms with van der Waals surface area (Å²) in [5, 5.41) is 28.8. The van der Waals surface area contributed by atoms with Gasteiger partial charge in [-0.15, -0.1) is 11.3 Å². The van der Waals surface area contributed by atoms with Crippen LogP contribution >= 0.6 is 11.3 Å². The molecule has 0 saturated heterocycles. The van der Waals surface area contributed by atoms with Crippen molar-refractivity contribution in [3.8, 4) is 16.9 Å². The standard InChI is InChI=1S/C19H12N4O4S/c24-16-7-6-12(8-15(16)23(26)27)9-21-22-11-20-18-17(19(22)25)14(10-28-18)13-4-2-1-3-5-13/h1-11,24H/p-1/b21-9-. The van der Waals surface area contributed by atoms with E-state index in [4.69, 9.17) is 0 Å². The average Bonchev–Trinajstić information content (AvgIpc) is 3.14. The van der Waals surface area contributed by atoms with E-state index in [2.05, 4.69) is 10.1 Å². The number of thiophene rings is 1. The molecule has 8 nitrogen and oxygen atoms in total. The Bertz CT molecular complexity index is 1280. The Morgan fingerprint density at radius 1 is 1.18 bits per heavy atom. The van der Waals surface area contributed by atoms with Crippen molar-refractivity contribution in [2.24, 2.45) is 5.10 Å². The fraction of sp³-hybridized carbons (Fsp3) is 0. The van der Waals surface area contributed by atoms with E-state index in [0.29, 0.717) is 15.8 Å². The van der Waals surface area contributed by atoms with E-state index in [9.17, 15) is 20.0 Å². The van der Waals surface area contributed by atoms with E-state index >= 15 is 0 Å². The highest BCUT2D eigenvalue weighted by atomic mass is 32.1. The first-order valence-corrected chi connectivity index (χ1v) is 8.96. The highest BCUT2D eigenvalue weighted by Crippen LogP contribution is 2.30. The molecule has 0 N–H and O–H groups in total. The second kappa shape index (κ2) is 7.05. The van der Waals surface area contributed by atoms with Gasteiger partial charge in [0.1, 0.15) is 11.2 Å². The predicted molar refractivity (Wildman–Crippen MR) is 105 cm³/mol. The molecule has 2 aromatic carbocycles. The van der Waals surface area contributed by atoms with Gasteiger partial charge >= 0.3 is 0 Å². The van der Waals surface area contributed by atoms with Gasteiger partial charge in [-0.05, 0) is 11.3 Å². The monoisotopic (exact) mass is 391 g/mol. The molecule has 0 atom stereocenters. The summed E-state index contributed by atoms with van der Waals surface area (Å²) in [5.41, 5.74) is 1.10. The molecule has 28 heavy (non-hydrogen) atoms. The van der Waals surface area contributed by atoms with Crippen LogP contribution in [0.15, 0.2) is 70.1 Å². The largest absolute Gasteiger partial charge is 0.868 e. The average molecular weight is 391 g/mol. The normalized spacial score (nSPS) is 11.3. The molecule has 4 aromatic rings. The van der Waals surface area contributed by atoms with E-state index in [1.807, 2.05) is 35.7 Å². The SMILES string of the molecule is O=c1c2c(-c3ccccc3)csc2ncn1/N=C\c1ccc([O-])c([N+](=O)[O-])c1. The fourth-order valence-corrected chi connectivity index (χ4v) is 3.63. The van der Waals surface area contributed by atoms with Crippen molar-refractivity contribution >= 4 is 33.5 Å². The van der Waals surface area contributed by atoms with Crippen LogP contribution in [-0.2, 0) is 0 Å². The zero-order valence-corrected chi connectivity index (χ0v) is 15.0. The van der Waals surface area contributed by atoms with Crippen molar-refractivity contribution in [1.29, 1.82) is 0 Å². The van der Waals surface area contributed by atoms with E-state index in [0.717, 1.165) is 27.9 Å². The van der Waals surface area contributed by atoms with Crippen molar-refractivity contribution < 1.29 is 10.0 Å². The molecule has 2 heterocycles. The molecule has 0 amide bonds. The molecule has 0 saturated carbocycles. The first-order chi connectivity index (χ1) is 13.5. The highest BCUT2D eigenvalue weighted by molar-refractivity contribution is 7.17. The molecule has 138 valence electrons. The summed E-state index contributed by atoms with van der Waals surface area (Å²) in [6.07, 6.45) is 2.57. The second-order valence-electron chi connectivity index (χ2n) is 5.82. The highest BCUT2D eigenvalue weighted by Gasteiger charge is 2.13.